The molecule has 29 heavy (non-hydrogen) atoms. The molecule has 3 rings (SSSR count). The number of amides is 1. The van der Waals surface area contributed by atoms with Gasteiger partial charge >= 0.3 is 0 Å². The van der Waals surface area contributed by atoms with Gasteiger partial charge < -0.3 is 10.6 Å². The number of hydrogen-bond acceptors (Lipinski definition) is 4. The number of likely N-dealkylation sites (N-methyl/N-ethyl adjacent to an activating group) is 1. The molecule has 0 aromatic heterocycles. The predicted octanol–water partition coefficient (Wildman–Crippen LogP) is 2.80. The van der Waals surface area contributed by atoms with Gasteiger partial charge in [-0.15, -0.1) is 0 Å². The van der Waals surface area contributed by atoms with E-state index < -0.39 is 0 Å². The van der Waals surface area contributed by atoms with Gasteiger partial charge in [-0.2, -0.15) is 0 Å². The van der Waals surface area contributed by atoms with Gasteiger partial charge in [0.1, 0.15) is 0 Å². The summed E-state index contributed by atoms with van der Waals surface area (Å²) in [5.74, 6) is -0.301. The Hall–Kier alpha value is -2.21. The first kappa shape index (κ1) is 21.5. The number of carbonyl (C=O) groups excluding carboxylic acids is 1. The third-order valence-corrected chi connectivity index (χ3v) is 5.79. The van der Waals surface area contributed by atoms with Crippen LogP contribution in [-0.4, -0.2) is 67.4 Å². The fraction of sp³-hybridized carbons (Fsp3) is 0.458. The van der Waals surface area contributed by atoms with E-state index in [-0.39, 0.29) is 12.5 Å². The third-order valence-electron chi connectivity index (χ3n) is 5.79. The second kappa shape index (κ2) is 10.0. The number of rotatable bonds is 8. The zero-order valence-electron chi connectivity index (χ0n) is 18.0. The van der Waals surface area contributed by atoms with E-state index >= 15 is 0 Å². The summed E-state index contributed by atoms with van der Waals surface area (Å²) in [7, 11) is 6.28. The summed E-state index contributed by atoms with van der Waals surface area (Å²) in [6, 6.07) is 18.2. The first-order chi connectivity index (χ1) is 13.9. The van der Waals surface area contributed by atoms with Crippen LogP contribution in [0, 0.1) is 0 Å². The zero-order chi connectivity index (χ0) is 20.8. The van der Waals surface area contributed by atoms with Gasteiger partial charge in [-0.1, -0.05) is 42.5 Å². The molecule has 0 radical (unpaired) electrons. The fourth-order valence-corrected chi connectivity index (χ4v) is 4.14. The minimum absolute atomic E-state index is 0.269. The summed E-state index contributed by atoms with van der Waals surface area (Å²) < 4.78 is 0. The van der Waals surface area contributed by atoms with Crippen LogP contribution in [0.2, 0.25) is 0 Å². The molecule has 0 atom stereocenters. The Labute approximate surface area is 175 Å². The van der Waals surface area contributed by atoms with Crippen molar-refractivity contribution in [2.24, 2.45) is 5.73 Å². The van der Waals surface area contributed by atoms with Gasteiger partial charge in [-0.05, 0) is 75.4 Å². The number of nitrogens with two attached hydrogens (primary N) is 1. The van der Waals surface area contributed by atoms with Gasteiger partial charge in [0, 0.05) is 19.1 Å². The Kier molecular flexibility index (Phi) is 7.42. The highest BCUT2D eigenvalue weighted by molar-refractivity contribution is 5.75. The van der Waals surface area contributed by atoms with Crippen LogP contribution in [0.5, 0.6) is 0 Å². The van der Waals surface area contributed by atoms with Crippen molar-refractivity contribution < 1.29 is 4.79 Å². The highest BCUT2D eigenvalue weighted by Gasteiger charge is 2.20. The highest BCUT2D eigenvalue weighted by Crippen LogP contribution is 2.23. The zero-order valence-corrected chi connectivity index (χ0v) is 18.0. The van der Waals surface area contributed by atoms with Crippen molar-refractivity contribution in [2.45, 2.75) is 32.0 Å². The van der Waals surface area contributed by atoms with Crippen LogP contribution < -0.4 is 5.73 Å². The Morgan fingerprint density at radius 1 is 1.00 bits per heavy atom. The summed E-state index contributed by atoms with van der Waals surface area (Å²) in [6.07, 6.45) is 2.50. The lowest BCUT2D eigenvalue weighted by atomic mass is 10.0. The molecule has 2 aromatic rings. The molecule has 1 aliphatic heterocycles. The topological polar surface area (TPSA) is 52.8 Å². The molecule has 5 heteroatoms. The Balaban J connectivity index is 1.59. The first-order valence-electron chi connectivity index (χ1n) is 10.4. The van der Waals surface area contributed by atoms with Crippen molar-refractivity contribution in [2.75, 3.05) is 40.8 Å². The van der Waals surface area contributed by atoms with Crippen LogP contribution in [0.25, 0.3) is 11.1 Å². The number of primary amides is 1. The molecule has 5 nitrogen and oxygen atoms in total. The molecular weight excluding hydrogens is 360 g/mol. The molecule has 1 fully saturated rings. The molecule has 2 aromatic carbocycles. The molecule has 1 amide bonds. The average Bonchev–Trinajstić information content (AvgIpc) is 2.68. The van der Waals surface area contributed by atoms with Crippen LogP contribution in [0.3, 0.4) is 0 Å². The number of nitrogens with zero attached hydrogens (tertiary/aromatic N) is 3. The number of carbonyl (C=O) groups is 1. The molecule has 0 spiro atoms. The Bertz CT molecular complexity index is 795. The predicted molar refractivity (Wildman–Crippen MR) is 119 cm³/mol. The van der Waals surface area contributed by atoms with Gasteiger partial charge in [-0.25, -0.2) is 0 Å². The average molecular weight is 395 g/mol. The fourth-order valence-electron chi connectivity index (χ4n) is 4.14. The molecule has 0 bridgehead atoms. The monoisotopic (exact) mass is 394 g/mol. The number of likely N-dealkylation sites (tertiary alicyclic amines) is 1. The third kappa shape index (κ3) is 6.39. The number of hydrogen-bond donors (Lipinski definition) is 1. The van der Waals surface area contributed by atoms with E-state index in [0.29, 0.717) is 6.54 Å². The normalized spacial score (nSPS) is 15.9. The second-order valence-corrected chi connectivity index (χ2v) is 8.51. The van der Waals surface area contributed by atoms with E-state index in [2.05, 4.69) is 72.4 Å². The molecule has 1 saturated heterocycles. The second-order valence-electron chi connectivity index (χ2n) is 8.51. The largest absolute Gasteiger partial charge is 0.369 e. The quantitative estimate of drug-likeness (QED) is 0.748. The van der Waals surface area contributed by atoms with Gasteiger partial charge in [0.15, 0.2) is 0 Å². The smallest absolute Gasteiger partial charge is 0.231 e. The van der Waals surface area contributed by atoms with Gasteiger partial charge in [-0.3, -0.25) is 14.6 Å². The SMILES string of the molecule is CN(CC(N)=O)Cc1cccc(-c2ccc(CN3CCC(N(C)C)CC3)cc2)c1. The van der Waals surface area contributed by atoms with E-state index in [1.54, 1.807) is 0 Å². The van der Waals surface area contributed by atoms with Crippen LogP contribution >= 0.6 is 0 Å². The van der Waals surface area contributed by atoms with Crippen molar-refractivity contribution in [1.82, 2.24) is 14.7 Å². The molecule has 2 N–H and O–H groups in total. The van der Waals surface area contributed by atoms with Crippen LogP contribution in [0.4, 0.5) is 0 Å². The van der Waals surface area contributed by atoms with Crippen LogP contribution in [-0.2, 0) is 17.9 Å². The molecule has 0 aliphatic carbocycles. The minimum Gasteiger partial charge on any atom is -0.369 e. The van der Waals surface area contributed by atoms with Crippen LogP contribution in [0.1, 0.15) is 24.0 Å². The molecular formula is C24H34N4O. The molecule has 1 aliphatic rings. The maximum absolute atomic E-state index is 11.1. The minimum atomic E-state index is -0.301. The first-order valence-corrected chi connectivity index (χ1v) is 10.4. The molecule has 156 valence electrons. The Morgan fingerprint density at radius 3 is 2.31 bits per heavy atom. The summed E-state index contributed by atoms with van der Waals surface area (Å²) in [5.41, 5.74) is 10.3. The summed E-state index contributed by atoms with van der Waals surface area (Å²) in [6.45, 7) is 4.35. The van der Waals surface area contributed by atoms with E-state index in [1.807, 2.05) is 11.9 Å². The van der Waals surface area contributed by atoms with Gasteiger partial charge in [0.25, 0.3) is 0 Å². The molecule has 0 saturated carbocycles. The van der Waals surface area contributed by atoms with Crippen molar-refractivity contribution in [3.8, 4) is 11.1 Å². The highest BCUT2D eigenvalue weighted by atomic mass is 16.1. The van der Waals surface area contributed by atoms with Crippen LogP contribution in [0.15, 0.2) is 48.5 Å². The van der Waals surface area contributed by atoms with Gasteiger partial charge in [0.2, 0.25) is 5.91 Å². The molecule has 1 heterocycles. The van der Waals surface area contributed by atoms with E-state index in [9.17, 15) is 4.79 Å². The van der Waals surface area contributed by atoms with Crippen molar-refractivity contribution >= 4 is 5.91 Å². The van der Waals surface area contributed by atoms with E-state index in [4.69, 9.17) is 5.73 Å². The summed E-state index contributed by atoms with van der Waals surface area (Å²) in [5, 5.41) is 0. The van der Waals surface area contributed by atoms with E-state index in [0.717, 1.165) is 12.6 Å². The van der Waals surface area contributed by atoms with Crippen molar-refractivity contribution in [3.05, 3.63) is 59.7 Å². The lowest BCUT2D eigenvalue weighted by Gasteiger charge is -2.35. The summed E-state index contributed by atoms with van der Waals surface area (Å²) in [4.78, 5) is 17.9. The lowest BCUT2D eigenvalue weighted by Crippen LogP contribution is -2.41. The van der Waals surface area contributed by atoms with E-state index in [1.165, 1.54) is 48.2 Å². The molecule has 0 unspecified atom stereocenters. The Morgan fingerprint density at radius 2 is 1.69 bits per heavy atom. The number of piperidine rings is 1. The maximum Gasteiger partial charge on any atom is 0.231 e. The van der Waals surface area contributed by atoms with Crippen molar-refractivity contribution in [1.29, 1.82) is 0 Å². The number of benzene rings is 2. The standard InChI is InChI=1S/C24H34N4O/c1-26(2)23-11-13-28(14-12-23)17-19-7-9-21(10-8-19)22-6-4-5-20(15-22)16-27(3)18-24(25)29/h4-10,15,23H,11-14,16-18H2,1-3H3,(H2,25,29). The summed E-state index contributed by atoms with van der Waals surface area (Å²) >= 11 is 0. The lowest BCUT2D eigenvalue weighted by molar-refractivity contribution is -0.118. The maximum atomic E-state index is 11.1. The van der Waals surface area contributed by atoms with Crippen molar-refractivity contribution in [3.63, 3.8) is 0 Å². The van der Waals surface area contributed by atoms with Gasteiger partial charge in [0.05, 0.1) is 6.54 Å².